The highest BCUT2D eigenvalue weighted by Gasteiger charge is 2.49. The van der Waals surface area contributed by atoms with Gasteiger partial charge in [-0.15, -0.1) is 0 Å². The van der Waals surface area contributed by atoms with E-state index < -0.39 is 17.8 Å². The van der Waals surface area contributed by atoms with Crippen molar-refractivity contribution in [3.8, 4) is 0 Å². The van der Waals surface area contributed by atoms with E-state index in [1.807, 2.05) is 27.7 Å². The molecule has 0 aromatic rings. The van der Waals surface area contributed by atoms with Crippen molar-refractivity contribution in [2.45, 2.75) is 89.6 Å². The van der Waals surface area contributed by atoms with Gasteiger partial charge in [0, 0.05) is 9.49 Å². The van der Waals surface area contributed by atoms with Crippen LogP contribution in [0.15, 0.2) is 0 Å². The first-order chi connectivity index (χ1) is 11.0. The molecule has 4 amide bonds. The van der Waals surface area contributed by atoms with Crippen molar-refractivity contribution in [2.75, 3.05) is 0 Å². The van der Waals surface area contributed by atoms with E-state index in [9.17, 15) is 14.4 Å². The van der Waals surface area contributed by atoms with E-state index in [1.54, 1.807) is 0 Å². The number of hydrogen-bond acceptors (Lipinski definition) is 5. The maximum Gasteiger partial charge on any atom is 0.354 e. The molecule has 24 heavy (non-hydrogen) atoms. The Morgan fingerprint density at radius 3 is 1.38 bits per heavy atom. The minimum atomic E-state index is -0.728. The predicted molar refractivity (Wildman–Crippen MR) is 101 cm³/mol. The van der Waals surface area contributed by atoms with Crippen LogP contribution >= 0.6 is 23.9 Å². The molecule has 0 bridgehead atoms. The van der Waals surface area contributed by atoms with Gasteiger partial charge in [-0.25, -0.2) is 4.79 Å². The summed E-state index contributed by atoms with van der Waals surface area (Å²) in [6.07, 6.45) is 5.92. The fraction of sp³-hybridized carbons (Fsp3) is 0.824. The molecule has 1 aliphatic heterocycles. The third-order valence-corrected chi connectivity index (χ3v) is 6.25. The molecule has 0 aliphatic carbocycles. The SMILES string of the molecule is CCCCC(C)(C)SN1C(=O)C(=O)N(SC(C)(C)CCCC)C1=O. The summed E-state index contributed by atoms with van der Waals surface area (Å²) in [7, 11) is 0. The van der Waals surface area contributed by atoms with E-state index in [2.05, 4.69) is 13.8 Å². The summed E-state index contributed by atoms with van der Waals surface area (Å²) in [4.78, 5) is 37.1. The van der Waals surface area contributed by atoms with Crippen LogP contribution in [0.2, 0.25) is 0 Å². The summed E-state index contributed by atoms with van der Waals surface area (Å²) in [5.41, 5.74) is 0. The standard InChI is InChI=1S/C17H30N2O3S2/c1-7-9-11-16(3,4)23-18-13(20)14(21)19(15(18)22)24-17(5,6)12-10-8-2/h7-12H2,1-6H3. The van der Waals surface area contributed by atoms with E-state index in [1.165, 1.54) is 23.9 Å². The molecule has 0 aromatic carbocycles. The van der Waals surface area contributed by atoms with Gasteiger partial charge in [0.2, 0.25) is 0 Å². The summed E-state index contributed by atoms with van der Waals surface area (Å²) in [6, 6.07) is -0.519. The fourth-order valence-corrected chi connectivity index (χ4v) is 4.53. The molecule has 1 saturated heterocycles. The number of carbonyl (C=O) groups excluding carboxylic acids is 3. The Bertz CT molecular complexity index is 450. The van der Waals surface area contributed by atoms with Crippen molar-refractivity contribution >= 4 is 41.7 Å². The highest BCUT2D eigenvalue weighted by atomic mass is 32.2. The van der Waals surface area contributed by atoms with Crippen LogP contribution in [0.4, 0.5) is 4.79 Å². The van der Waals surface area contributed by atoms with E-state index >= 15 is 0 Å². The average Bonchev–Trinajstić information content (AvgIpc) is 2.68. The minimum absolute atomic E-state index is 0.264. The summed E-state index contributed by atoms with van der Waals surface area (Å²) in [6.45, 7) is 12.2. The first-order valence-electron chi connectivity index (χ1n) is 8.65. The van der Waals surface area contributed by atoms with Crippen LogP contribution in [0.1, 0.15) is 80.1 Å². The van der Waals surface area contributed by atoms with Gasteiger partial charge in [-0.3, -0.25) is 9.59 Å². The van der Waals surface area contributed by atoms with Crippen molar-refractivity contribution in [2.24, 2.45) is 0 Å². The summed E-state index contributed by atoms with van der Waals surface area (Å²) in [5.74, 6) is -1.46. The Hall–Kier alpha value is -0.690. The van der Waals surface area contributed by atoms with E-state index in [0.717, 1.165) is 47.1 Å². The van der Waals surface area contributed by atoms with Gasteiger partial charge in [0.25, 0.3) is 0 Å². The Morgan fingerprint density at radius 1 is 0.750 bits per heavy atom. The summed E-state index contributed by atoms with van der Waals surface area (Å²) in [5, 5.41) is 0. The molecule has 7 heteroatoms. The molecule has 1 fully saturated rings. The number of urea groups is 1. The van der Waals surface area contributed by atoms with Gasteiger partial charge in [0.15, 0.2) is 0 Å². The fourth-order valence-electron chi connectivity index (χ4n) is 2.38. The second kappa shape index (κ2) is 8.61. The maximum atomic E-state index is 12.6. The van der Waals surface area contributed by atoms with Gasteiger partial charge in [-0.2, -0.15) is 8.61 Å². The van der Waals surface area contributed by atoms with Crippen molar-refractivity contribution in [1.82, 2.24) is 8.61 Å². The summed E-state index contributed by atoms with van der Waals surface area (Å²) < 4.78 is 1.56. The molecule has 1 aliphatic rings. The van der Waals surface area contributed by atoms with Crippen molar-refractivity contribution in [3.63, 3.8) is 0 Å². The minimum Gasteiger partial charge on any atom is -0.262 e. The summed E-state index contributed by atoms with van der Waals surface area (Å²) >= 11 is 2.35. The van der Waals surface area contributed by atoms with Crippen LogP contribution in [0, 0.1) is 0 Å². The Balaban J connectivity index is 2.81. The first-order valence-corrected chi connectivity index (χ1v) is 10.2. The molecule has 0 unspecified atom stereocenters. The van der Waals surface area contributed by atoms with Crippen LogP contribution in [0.3, 0.4) is 0 Å². The van der Waals surface area contributed by atoms with Crippen molar-refractivity contribution in [3.05, 3.63) is 0 Å². The Labute approximate surface area is 154 Å². The molecule has 0 spiro atoms. The Kier molecular flexibility index (Phi) is 7.66. The molecule has 0 aromatic heterocycles. The largest absolute Gasteiger partial charge is 0.354 e. The lowest BCUT2D eigenvalue weighted by atomic mass is 10.1. The van der Waals surface area contributed by atoms with Gasteiger partial charge in [-0.1, -0.05) is 39.5 Å². The molecule has 138 valence electrons. The quantitative estimate of drug-likeness (QED) is 0.305. The van der Waals surface area contributed by atoms with Gasteiger partial charge in [0.1, 0.15) is 0 Å². The van der Waals surface area contributed by atoms with Crippen LogP contribution < -0.4 is 0 Å². The lowest BCUT2D eigenvalue weighted by Gasteiger charge is -2.29. The van der Waals surface area contributed by atoms with Gasteiger partial charge in [0.05, 0.1) is 0 Å². The Morgan fingerprint density at radius 2 is 1.08 bits per heavy atom. The number of nitrogens with zero attached hydrogens (tertiary/aromatic N) is 2. The zero-order valence-corrected chi connectivity index (χ0v) is 17.3. The van der Waals surface area contributed by atoms with E-state index in [4.69, 9.17) is 0 Å². The number of unbranched alkanes of at least 4 members (excludes halogenated alkanes) is 2. The van der Waals surface area contributed by atoms with Crippen LogP contribution in [0.25, 0.3) is 0 Å². The third kappa shape index (κ3) is 5.69. The number of rotatable bonds is 10. The topological polar surface area (TPSA) is 57.7 Å². The van der Waals surface area contributed by atoms with Crippen LogP contribution in [-0.4, -0.2) is 35.9 Å². The number of imide groups is 2. The number of amides is 4. The monoisotopic (exact) mass is 374 g/mol. The smallest absolute Gasteiger partial charge is 0.262 e. The van der Waals surface area contributed by atoms with Gasteiger partial charge in [-0.05, 0) is 64.4 Å². The third-order valence-electron chi connectivity index (χ3n) is 3.84. The van der Waals surface area contributed by atoms with Crippen molar-refractivity contribution < 1.29 is 14.4 Å². The highest BCUT2D eigenvalue weighted by molar-refractivity contribution is 8.01. The molecule has 0 saturated carbocycles. The maximum absolute atomic E-state index is 12.6. The number of hydrogen-bond donors (Lipinski definition) is 0. The molecular weight excluding hydrogens is 344 g/mol. The van der Waals surface area contributed by atoms with E-state index in [-0.39, 0.29) is 9.49 Å². The lowest BCUT2D eigenvalue weighted by molar-refractivity contribution is -0.139. The first kappa shape index (κ1) is 21.4. The second-order valence-corrected chi connectivity index (χ2v) is 10.7. The van der Waals surface area contributed by atoms with Crippen molar-refractivity contribution in [1.29, 1.82) is 0 Å². The molecule has 1 rings (SSSR count). The predicted octanol–water partition coefficient (Wildman–Crippen LogP) is 5.01. The highest BCUT2D eigenvalue weighted by Crippen LogP contribution is 2.40. The average molecular weight is 375 g/mol. The molecule has 0 atom stereocenters. The van der Waals surface area contributed by atoms with Crippen LogP contribution in [-0.2, 0) is 9.59 Å². The molecule has 0 N–H and O–H groups in total. The van der Waals surface area contributed by atoms with E-state index in [0.29, 0.717) is 0 Å². The molecular formula is C17H30N2O3S2. The van der Waals surface area contributed by atoms with Gasteiger partial charge < -0.3 is 0 Å². The normalized spacial score (nSPS) is 16.5. The molecule has 1 heterocycles. The zero-order valence-electron chi connectivity index (χ0n) is 15.7. The lowest BCUT2D eigenvalue weighted by Crippen LogP contribution is -2.32. The zero-order chi connectivity index (χ0) is 18.5. The molecule has 5 nitrogen and oxygen atoms in total. The second-order valence-electron chi connectivity index (χ2n) is 7.39. The molecule has 0 radical (unpaired) electrons. The van der Waals surface area contributed by atoms with Gasteiger partial charge >= 0.3 is 17.8 Å². The number of carbonyl (C=O) groups is 3. The van der Waals surface area contributed by atoms with Crippen LogP contribution in [0.5, 0.6) is 0 Å².